The number of carbonyl (C=O) groups excluding carboxylic acids is 1. The van der Waals surface area contributed by atoms with Crippen LogP contribution in [0.15, 0.2) is 82.6 Å². The minimum atomic E-state index is -1.58. The van der Waals surface area contributed by atoms with Gasteiger partial charge < -0.3 is 14.6 Å². The van der Waals surface area contributed by atoms with Gasteiger partial charge in [-0.3, -0.25) is 9.59 Å². The van der Waals surface area contributed by atoms with Gasteiger partial charge in [0.25, 0.3) is 0 Å². The van der Waals surface area contributed by atoms with Crippen molar-refractivity contribution >= 4 is 35.3 Å². The van der Waals surface area contributed by atoms with Gasteiger partial charge in [0.2, 0.25) is 0 Å². The molecule has 1 atom stereocenters. The molecule has 7 heteroatoms. The van der Waals surface area contributed by atoms with Crippen molar-refractivity contribution in [3.05, 3.63) is 88.9 Å². The van der Waals surface area contributed by atoms with E-state index < -0.39 is 17.4 Å². The van der Waals surface area contributed by atoms with Crippen molar-refractivity contribution in [1.82, 2.24) is 0 Å². The van der Waals surface area contributed by atoms with Crippen LogP contribution in [0.4, 0.5) is 0 Å². The topological polar surface area (TPSA) is 72.8 Å². The molecule has 0 fully saturated rings. The van der Waals surface area contributed by atoms with Gasteiger partial charge in [-0.15, -0.1) is 0 Å². The standard InChI is InChI=1S/C28H29ClO5S/c1-3-28(26(30)31,27(32)33-4-2)16-15-21-13-14-24(18-25(21)29)35-23-12-8-11-22(17-23)34-19-20-9-6-5-7-10-20/h5-14,17-18H,3-4,15-16,19H2,1-2H3,(H,30,31). The van der Waals surface area contributed by atoms with Crippen molar-refractivity contribution in [3.8, 4) is 5.75 Å². The number of halogens is 1. The van der Waals surface area contributed by atoms with Crippen LogP contribution in [-0.4, -0.2) is 23.7 Å². The summed E-state index contributed by atoms with van der Waals surface area (Å²) in [6.07, 6.45) is 0.617. The summed E-state index contributed by atoms with van der Waals surface area (Å²) in [6, 6.07) is 23.5. The summed E-state index contributed by atoms with van der Waals surface area (Å²) >= 11 is 8.09. The maximum atomic E-state index is 12.4. The highest BCUT2D eigenvalue weighted by Gasteiger charge is 2.45. The van der Waals surface area contributed by atoms with E-state index in [1.165, 1.54) is 0 Å². The Bertz CT molecular complexity index is 1150. The predicted octanol–water partition coefficient (Wildman–Crippen LogP) is 7.05. The molecule has 0 aliphatic rings. The van der Waals surface area contributed by atoms with Gasteiger partial charge in [-0.1, -0.05) is 72.8 Å². The van der Waals surface area contributed by atoms with Crippen molar-refractivity contribution < 1.29 is 24.2 Å². The maximum Gasteiger partial charge on any atom is 0.323 e. The SMILES string of the molecule is CCOC(=O)C(CC)(CCc1ccc(Sc2cccc(OCc3ccccc3)c2)cc1Cl)C(=O)O. The van der Waals surface area contributed by atoms with Crippen LogP contribution in [0.5, 0.6) is 5.75 Å². The first-order valence-electron chi connectivity index (χ1n) is 11.5. The van der Waals surface area contributed by atoms with Gasteiger partial charge in [-0.25, -0.2) is 0 Å². The van der Waals surface area contributed by atoms with E-state index in [0.717, 1.165) is 26.7 Å². The Morgan fingerprint density at radius 2 is 1.71 bits per heavy atom. The zero-order valence-electron chi connectivity index (χ0n) is 19.8. The third kappa shape index (κ3) is 7.03. The minimum absolute atomic E-state index is 0.116. The molecule has 0 aromatic heterocycles. The second kappa shape index (κ2) is 12.7. The lowest BCUT2D eigenvalue weighted by molar-refractivity contribution is -0.169. The smallest absolute Gasteiger partial charge is 0.323 e. The van der Waals surface area contributed by atoms with Crippen LogP contribution >= 0.6 is 23.4 Å². The number of ether oxygens (including phenoxy) is 2. The number of aliphatic carboxylic acids is 1. The van der Waals surface area contributed by atoms with E-state index in [1.54, 1.807) is 25.6 Å². The van der Waals surface area contributed by atoms with E-state index in [-0.39, 0.29) is 19.4 Å². The molecule has 0 spiro atoms. The molecule has 0 amide bonds. The largest absolute Gasteiger partial charge is 0.489 e. The maximum absolute atomic E-state index is 12.4. The Balaban J connectivity index is 1.66. The van der Waals surface area contributed by atoms with Gasteiger partial charge in [0.15, 0.2) is 5.41 Å². The number of carboxylic acids is 1. The van der Waals surface area contributed by atoms with Crippen molar-refractivity contribution in [2.45, 2.75) is 49.5 Å². The Morgan fingerprint density at radius 1 is 0.971 bits per heavy atom. The van der Waals surface area contributed by atoms with E-state index in [2.05, 4.69) is 0 Å². The minimum Gasteiger partial charge on any atom is -0.489 e. The average molecular weight is 513 g/mol. The van der Waals surface area contributed by atoms with Gasteiger partial charge in [-0.2, -0.15) is 0 Å². The summed E-state index contributed by atoms with van der Waals surface area (Å²) in [4.78, 5) is 26.3. The lowest BCUT2D eigenvalue weighted by atomic mass is 9.79. The van der Waals surface area contributed by atoms with Gasteiger partial charge >= 0.3 is 11.9 Å². The molecule has 0 heterocycles. The second-order valence-electron chi connectivity index (χ2n) is 8.07. The van der Waals surface area contributed by atoms with Crippen LogP contribution in [0.1, 0.15) is 37.8 Å². The summed E-state index contributed by atoms with van der Waals surface area (Å²) in [7, 11) is 0. The number of hydrogen-bond donors (Lipinski definition) is 1. The third-order valence-electron chi connectivity index (χ3n) is 5.81. The van der Waals surface area contributed by atoms with Crippen LogP contribution in [0.3, 0.4) is 0 Å². The normalized spacial score (nSPS) is 12.5. The van der Waals surface area contributed by atoms with Crippen LogP contribution in [0.25, 0.3) is 0 Å². The van der Waals surface area contributed by atoms with Crippen molar-refractivity contribution in [2.24, 2.45) is 5.41 Å². The van der Waals surface area contributed by atoms with E-state index in [0.29, 0.717) is 18.1 Å². The first kappa shape index (κ1) is 26.6. The molecule has 3 rings (SSSR count). The van der Waals surface area contributed by atoms with Gasteiger partial charge in [0, 0.05) is 14.8 Å². The molecule has 184 valence electrons. The number of benzene rings is 3. The second-order valence-corrected chi connectivity index (χ2v) is 9.62. The average Bonchev–Trinajstić information content (AvgIpc) is 2.85. The summed E-state index contributed by atoms with van der Waals surface area (Å²) in [6.45, 7) is 3.98. The molecule has 0 aliphatic carbocycles. The molecular formula is C28H29ClO5S. The summed E-state index contributed by atoms with van der Waals surface area (Å²) in [5.74, 6) is -1.09. The summed E-state index contributed by atoms with van der Waals surface area (Å²) in [5.41, 5.74) is 0.317. The van der Waals surface area contributed by atoms with Crippen LogP contribution in [-0.2, 0) is 27.4 Å². The molecule has 0 radical (unpaired) electrons. The Hall–Kier alpha value is -2.96. The fraction of sp³-hybridized carbons (Fsp3) is 0.286. The molecular weight excluding hydrogens is 484 g/mol. The zero-order chi connectivity index (χ0) is 25.3. The van der Waals surface area contributed by atoms with E-state index in [1.807, 2.05) is 72.8 Å². The zero-order valence-corrected chi connectivity index (χ0v) is 21.4. The molecule has 0 aliphatic heterocycles. The predicted molar refractivity (Wildman–Crippen MR) is 138 cm³/mol. The highest BCUT2D eigenvalue weighted by Crippen LogP contribution is 2.35. The monoisotopic (exact) mass is 512 g/mol. The van der Waals surface area contributed by atoms with Crippen LogP contribution < -0.4 is 4.74 Å². The quantitative estimate of drug-likeness (QED) is 0.207. The lowest BCUT2D eigenvalue weighted by Crippen LogP contribution is -2.40. The number of carboxylic acid groups (broad SMARTS) is 1. The van der Waals surface area contributed by atoms with E-state index in [4.69, 9.17) is 21.1 Å². The Kier molecular flexibility index (Phi) is 9.64. The van der Waals surface area contributed by atoms with Crippen LogP contribution in [0, 0.1) is 5.41 Å². The number of rotatable bonds is 12. The van der Waals surface area contributed by atoms with E-state index in [9.17, 15) is 14.7 Å². The molecule has 35 heavy (non-hydrogen) atoms. The van der Waals surface area contributed by atoms with Crippen molar-refractivity contribution in [1.29, 1.82) is 0 Å². The molecule has 1 unspecified atom stereocenters. The molecule has 3 aromatic rings. The fourth-order valence-corrected chi connectivity index (χ4v) is 4.93. The molecule has 0 saturated carbocycles. The third-order valence-corrected chi connectivity index (χ3v) is 7.15. The first-order valence-corrected chi connectivity index (χ1v) is 12.7. The molecule has 0 bridgehead atoms. The number of aryl methyl sites for hydroxylation is 1. The van der Waals surface area contributed by atoms with Gasteiger partial charge in [0.1, 0.15) is 12.4 Å². The highest BCUT2D eigenvalue weighted by molar-refractivity contribution is 7.99. The van der Waals surface area contributed by atoms with Crippen molar-refractivity contribution in [2.75, 3.05) is 6.61 Å². The summed E-state index contributed by atoms with van der Waals surface area (Å²) in [5, 5.41) is 10.3. The van der Waals surface area contributed by atoms with Crippen LogP contribution in [0.2, 0.25) is 5.02 Å². The highest BCUT2D eigenvalue weighted by atomic mass is 35.5. The summed E-state index contributed by atoms with van der Waals surface area (Å²) < 4.78 is 11.0. The first-order chi connectivity index (χ1) is 16.9. The lowest BCUT2D eigenvalue weighted by Gasteiger charge is -2.25. The fourth-order valence-electron chi connectivity index (χ4n) is 3.68. The van der Waals surface area contributed by atoms with Gasteiger partial charge in [0.05, 0.1) is 6.61 Å². The molecule has 1 N–H and O–H groups in total. The molecule has 3 aromatic carbocycles. The van der Waals surface area contributed by atoms with Gasteiger partial charge in [-0.05, 0) is 67.6 Å². The number of carbonyl (C=O) groups is 2. The number of esters is 1. The van der Waals surface area contributed by atoms with E-state index >= 15 is 0 Å². The number of hydrogen-bond acceptors (Lipinski definition) is 5. The molecule has 0 saturated heterocycles. The molecule has 5 nitrogen and oxygen atoms in total. The van der Waals surface area contributed by atoms with Crippen molar-refractivity contribution in [3.63, 3.8) is 0 Å². The Morgan fingerprint density at radius 3 is 2.37 bits per heavy atom. The Labute approximate surface area is 215 Å².